The normalized spacial score (nSPS) is 21.8. The predicted molar refractivity (Wildman–Crippen MR) is 84.0 cm³/mol. The summed E-state index contributed by atoms with van der Waals surface area (Å²) in [5.74, 6) is 1.21. The van der Waals surface area contributed by atoms with Gasteiger partial charge in [-0.25, -0.2) is 0 Å². The Bertz CT molecular complexity index is 416. The van der Waals surface area contributed by atoms with E-state index in [-0.39, 0.29) is 23.1 Å². The number of carbonyl (C=O) groups excluding carboxylic acids is 1. The van der Waals surface area contributed by atoms with Crippen molar-refractivity contribution < 1.29 is 4.79 Å². The lowest BCUT2D eigenvalue weighted by Crippen LogP contribution is -2.36. The molecule has 1 heterocycles. The Morgan fingerprint density at radius 1 is 1.42 bits per heavy atom. The van der Waals surface area contributed by atoms with E-state index in [0.717, 1.165) is 12.1 Å². The van der Waals surface area contributed by atoms with Crippen LogP contribution in [0, 0.1) is 0 Å². The van der Waals surface area contributed by atoms with Gasteiger partial charge in [-0.1, -0.05) is 12.1 Å². The summed E-state index contributed by atoms with van der Waals surface area (Å²) in [5.41, 5.74) is 7.28. The van der Waals surface area contributed by atoms with Crippen LogP contribution in [0.2, 0.25) is 0 Å². The molecule has 1 unspecified atom stereocenters. The molecule has 1 aromatic carbocycles. The van der Waals surface area contributed by atoms with E-state index >= 15 is 0 Å². The summed E-state index contributed by atoms with van der Waals surface area (Å²) >= 11 is 1.96. The Kier molecular flexibility index (Phi) is 6.17. The fraction of sp³-hybridized carbons (Fsp3) is 0.500. The number of benzene rings is 1. The third-order valence-corrected chi connectivity index (χ3v) is 4.91. The van der Waals surface area contributed by atoms with E-state index in [1.165, 1.54) is 18.6 Å². The first-order valence-electron chi connectivity index (χ1n) is 6.34. The van der Waals surface area contributed by atoms with Gasteiger partial charge in [0.25, 0.3) is 5.91 Å². The first kappa shape index (κ1) is 16.3. The van der Waals surface area contributed by atoms with E-state index in [0.29, 0.717) is 12.1 Å². The molecule has 0 radical (unpaired) electrons. The maximum Gasteiger partial charge on any atom is 0.251 e. The monoisotopic (exact) mass is 300 g/mol. The van der Waals surface area contributed by atoms with Crippen molar-refractivity contribution in [2.24, 2.45) is 5.73 Å². The van der Waals surface area contributed by atoms with E-state index in [9.17, 15) is 4.79 Å². The second kappa shape index (κ2) is 7.17. The number of amides is 1. The van der Waals surface area contributed by atoms with E-state index in [4.69, 9.17) is 5.73 Å². The van der Waals surface area contributed by atoms with Gasteiger partial charge in [-0.15, -0.1) is 12.4 Å². The maximum absolute atomic E-state index is 12.0. The molecule has 106 valence electrons. The summed E-state index contributed by atoms with van der Waals surface area (Å²) in [5, 5.41) is 3.03. The quantitative estimate of drug-likeness (QED) is 0.898. The molecule has 1 amide bonds. The Hall–Kier alpha value is -0.710. The van der Waals surface area contributed by atoms with Crippen molar-refractivity contribution in [1.82, 2.24) is 5.32 Å². The highest BCUT2D eigenvalue weighted by Crippen LogP contribution is 2.36. The number of nitrogens with two attached hydrogens (primary N) is 1. The molecule has 5 heteroatoms. The first-order chi connectivity index (χ1) is 8.63. The molecular weight excluding hydrogens is 280 g/mol. The topological polar surface area (TPSA) is 55.1 Å². The van der Waals surface area contributed by atoms with Gasteiger partial charge in [-0.3, -0.25) is 4.79 Å². The lowest BCUT2D eigenvalue weighted by molar-refractivity contribution is 0.0950. The molecule has 0 aliphatic carbocycles. The van der Waals surface area contributed by atoms with Crippen molar-refractivity contribution in [1.29, 1.82) is 0 Å². The van der Waals surface area contributed by atoms with Gasteiger partial charge >= 0.3 is 0 Å². The molecule has 19 heavy (non-hydrogen) atoms. The van der Waals surface area contributed by atoms with Gasteiger partial charge in [0.2, 0.25) is 0 Å². The van der Waals surface area contributed by atoms with Crippen molar-refractivity contribution in [3.63, 3.8) is 0 Å². The number of hydrogen-bond donors (Lipinski definition) is 2. The fourth-order valence-electron chi connectivity index (χ4n) is 2.14. The summed E-state index contributed by atoms with van der Waals surface area (Å²) < 4.78 is 0.215. The van der Waals surface area contributed by atoms with Crippen LogP contribution < -0.4 is 11.1 Å². The largest absolute Gasteiger partial charge is 0.351 e. The molecule has 1 fully saturated rings. The first-order valence-corrected chi connectivity index (χ1v) is 7.33. The van der Waals surface area contributed by atoms with Gasteiger partial charge in [-0.2, -0.15) is 11.8 Å². The van der Waals surface area contributed by atoms with Crippen LogP contribution in [0.25, 0.3) is 0 Å². The van der Waals surface area contributed by atoms with E-state index < -0.39 is 0 Å². The van der Waals surface area contributed by atoms with Crippen LogP contribution in [0.1, 0.15) is 35.7 Å². The van der Waals surface area contributed by atoms with Crippen molar-refractivity contribution in [3.05, 3.63) is 35.4 Å². The molecule has 2 rings (SSSR count). The van der Waals surface area contributed by atoms with Crippen LogP contribution in [0.5, 0.6) is 0 Å². The number of halogens is 1. The minimum atomic E-state index is 0. The van der Waals surface area contributed by atoms with Gasteiger partial charge < -0.3 is 11.1 Å². The molecule has 1 aromatic rings. The van der Waals surface area contributed by atoms with Crippen molar-refractivity contribution in [2.45, 2.75) is 31.1 Å². The summed E-state index contributed by atoms with van der Waals surface area (Å²) in [6.07, 6.45) is 2.44. The van der Waals surface area contributed by atoms with Crippen LogP contribution in [-0.4, -0.2) is 23.0 Å². The molecule has 0 bridgehead atoms. The van der Waals surface area contributed by atoms with Crippen LogP contribution >= 0.6 is 24.2 Å². The molecular formula is C14H21ClN2OS. The Morgan fingerprint density at radius 2 is 2.11 bits per heavy atom. The summed E-state index contributed by atoms with van der Waals surface area (Å²) in [6, 6.07) is 7.48. The van der Waals surface area contributed by atoms with Crippen molar-refractivity contribution >= 4 is 30.1 Å². The summed E-state index contributed by atoms with van der Waals surface area (Å²) in [7, 11) is 0. The van der Waals surface area contributed by atoms with Crippen LogP contribution in [0.4, 0.5) is 0 Å². The SMILES string of the molecule is CC1(CNC(=O)c2ccc(CN)cc2)CCCS1.Cl. The molecule has 0 spiro atoms. The standard InChI is InChI=1S/C14H20N2OS.ClH/c1-14(7-2-8-18-14)10-16-13(17)12-5-3-11(9-15)4-6-12;/h3-6H,2,7-10,15H2,1H3,(H,16,17);1H. The lowest BCUT2D eigenvalue weighted by Gasteiger charge is -2.22. The predicted octanol–water partition coefficient (Wildman–Crippen LogP) is 2.58. The molecule has 3 N–H and O–H groups in total. The number of hydrogen-bond acceptors (Lipinski definition) is 3. The Labute approximate surface area is 125 Å². The zero-order valence-corrected chi connectivity index (χ0v) is 12.8. The lowest BCUT2D eigenvalue weighted by atomic mass is 10.1. The Morgan fingerprint density at radius 3 is 2.63 bits per heavy atom. The molecule has 0 aromatic heterocycles. The number of thioether (sulfide) groups is 1. The summed E-state index contributed by atoms with van der Waals surface area (Å²) in [4.78, 5) is 12.0. The van der Waals surface area contributed by atoms with Gasteiger partial charge in [0.1, 0.15) is 0 Å². The molecule has 1 aliphatic rings. The number of carbonyl (C=O) groups is 1. The zero-order valence-electron chi connectivity index (χ0n) is 11.1. The van der Waals surface area contributed by atoms with Gasteiger partial charge in [0, 0.05) is 23.4 Å². The van der Waals surface area contributed by atoms with E-state index in [1.54, 1.807) is 0 Å². The highest BCUT2D eigenvalue weighted by Gasteiger charge is 2.29. The molecule has 1 atom stereocenters. The highest BCUT2D eigenvalue weighted by atomic mass is 35.5. The third-order valence-electron chi connectivity index (χ3n) is 3.38. The van der Waals surface area contributed by atoms with E-state index in [2.05, 4.69) is 12.2 Å². The number of nitrogens with one attached hydrogen (secondary N) is 1. The van der Waals surface area contributed by atoms with Gasteiger partial charge in [0.05, 0.1) is 0 Å². The van der Waals surface area contributed by atoms with Gasteiger partial charge in [-0.05, 0) is 43.2 Å². The maximum atomic E-state index is 12.0. The average molecular weight is 301 g/mol. The highest BCUT2D eigenvalue weighted by molar-refractivity contribution is 8.00. The molecule has 3 nitrogen and oxygen atoms in total. The van der Waals surface area contributed by atoms with Crippen LogP contribution in [0.3, 0.4) is 0 Å². The smallest absolute Gasteiger partial charge is 0.251 e. The second-order valence-electron chi connectivity index (χ2n) is 4.99. The zero-order chi connectivity index (χ0) is 13.0. The van der Waals surface area contributed by atoms with Crippen molar-refractivity contribution in [3.8, 4) is 0 Å². The van der Waals surface area contributed by atoms with Crippen LogP contribution in [-0.2, 0) is 6.54 Å². The van der Waals surface area contributed by atoms with Crippen LogP contribution in [0.15, 0.2) is 24.3 Å². The Balaban J connectivity index is 0.00000180. The summed E-state index contributed by atoms with van der Waals surface area (Å²) in [6.45, 7) is 3.48. The molecule has 1 aliphatic heterocycles. The van der Waals surface area contributed by atoms with Gasteiger partial charge in [0.15, 0.2) is 0 Å². The third kappa shape index (κ3) is 4.41. The number of rotatable bonds is 4. The minimum Gasteiger partial charge on any atom is -0.351 e. The molecule has 0 saturated carbocycles. The molecule has 1 saturated heterocycles. The fourth-order valence-corrected chi connectivity index (χ4v) is 3.38. The second-order valence-corrected chi connectivity index (χ2v) is 6.67. The van der Waals surface area contributed by atoms with Crippen molar-refractivity contribution in [2.75, 3.05) is 12.3 Å². The minimum absolute atomic E-state index is 0. The van der Waals surface area contributed by atoms with E-state index in [1.807, 2.05) is 36.0 Å². The average Bonchev–Trinajstić information content (AvgIpc) is 2.83.